The number of rotatable bonds is 4. The fraction of sp³-hybridized carbons (Fsp3) is 0.625. The van der Waals surface area contributed by atoms with Gasteiger partial charge in [-0.2, -0.15) is 0 Å². The molecule has 110 valence electrons. The number of ether oxygens (including phenoxy) is 3. The average Bonchev–Trinajstić information content (AvgIpc) is 2.46. The van der Waals surface area contributed by atoms with E-state index in [-0.39, 0.29) is 18.3 Å². The lowest BCUT2D eigenvalue weighted by Gasteiger charge is -2.47. The predicted molar refractivity (Wildman–Crippen MR) is 75.1 cm³/mol. The maximum Gasteiger partial charge on any atom is 0.167 e. The molecule has 4 heteroatoms. The van der Waals surface area contributed by atoms with Crippen molar-refractivity contribution in [3.8, 4) is 11.5 Å². The zero-order valence-corrected chi connectivity index (χ0v) is 11.9. The highest BCUT2D eigenvalue weighted by molar-refractivity contribution is 5.46. The van der Waals surface area contributed by atoms with Gasteiger partial charge in [-0.05, 0) is 25.3 Å². The maximum atomic E-state index is 9.47. The summed E-state index contributed by atoms with van der Waals surface area (Å²) in [7, 11) is 1.63. The van der Waals surface area contributed by atoms with Crippen LogP contribution in [-0.4, -0.2) is 30.5 Å². The molecule has 0 radical (unpaired) electrons. The Balaban J connectivity index is 1.76. The van der Waals surface area contributed by atoms with E-state index in [1.165, 1.54) is 6.42 Å². The average molecular weight is 278 g/mol. The molecule has 0 aromatic heterocycles. The Morgan fingerprint density at radius 3 is 2.90 bits per heavy atom. The molecule has 20 heavy (non-hydrogen) atoms. The van der Waals surface area contributed by atoms with Gasteiger partial charge in [-0.25, -0.2) is 0 Å². The van der Waals surface area contributed by atoms with Gasteiger partial charge in [-0.3, -0.25) is 0 Å². The second-order valence-electron chi connectivity index (χ2n) is 5.72. The Bertz CT molecular complexity index is 445. The van der Waals surface area contributed by atoms with Gasteiger partial charge in [0.15, 0.2) is 11.5 Å². The summed E-state index contributed by atoms with van der Waals surface area (Å²) in [6.07, 6.45) is 5.52. The molecule has 1 aliphatic carbocycles. The Kier molecular flexibility index (Phi) is 3.85. The van der Waals surface area contributed by atoms with Crippen molar-refractivity contribution >= 4 is 0 Å². The molecular weight excluding hydrogens is 256 g/mol. The van der Waals surface area contributed by atoms with Gasteiger partial charge in [-0.15, -0.1) is 0 Å². The minimum Gasteiger partial charge on any atom is -0.493 e. The number of para-hydroxylation sites is 1. The Labute approximate surface area is 119 Å². The molecule has 1 N–H and O–H groups in total. The van der Waals surface area contributed by atoms with Crippen molar-refractivity contribution in [3.05, 3.63) is 23.8 Å². The second-order valence-corrected chi connectivity index (χ2v) is 5.72. The third kappa shape index (κ3) is 2.50. The molecule has 1 atom stereocenters. The number of aliphatic hydroxyl groups excluding tert-OH is 1. The van der Waals surface area contributed by atoms with Crippen LogP contribution in [-0.2, 0) is 11.3 Å². The second kappa shape index (κ2) is 5.62. The molecule has 0 bridgehead atoms. The van der Waals surface area contributed by atoms with E-state index in [0.29, 0.717) is 11.5 Å². The topological polar surface area (TPSA) is 47.9 Å². The molecule has 1 aliphatic heterocycles. The molecule has 1 unspecified atom stereocenters. The number of methoxy groups -OCH3 is 1. The van der Waals surface area contributed by atoms with E-state index >= 15 is 0 Å². The zero-order valence-electron chi connectivity index (χ0n) is 11.9. The number of benzene rings is 1. The molecule has 1 saturated heterocycles. The molecule has 3 rings (SSSR count). The monoisotopic (exact) mass is 278 g/mol. The lowest BCUT2D eigenvalue weighted by atomic mass is 9.74. The van der Waals surface area contributed by atoms with E-state index in [0.717, 1.165) is 37.9 Å². The Hall–Kier alpha value is -1.26. The molecule has 1 aromatic carbocycles. The molecule has 1 aromatic rings. The summed E-state index contributed by atoms with van der Waals surface area (Å²) in [5.41, 5.74) is 0.836. The zero-order chi connectivity index (χ0) is 14.0. The van der Waals surface area contributed by atoms with Crippen LogP contribution in [0.4, 0.5) is 0 Å². The molecule has 1 saturated carbocycles. The smallest absolute Gasteiger partial charge is 0.167 e. The highest BCUT2D eigenvalue weighted by Crippen LogP contribution is 2.44. The van der Waals surface area contributed by atoms with E-state index < -0.39 is 0 Å². The summed E-state index contributed by atoms with van der Waals surface area (Å²) in [5, 5.41) is 9.47. The van der Waals surface area contributed by atoms with Crippen LogP contribution in [0.25, 0.3) is 0 Å². The Morgan fingerprint density at radius 2 is 2.25 bits per heavy atom. The van der Waals surface area contributed by atoms with E-state index in [1.54, 1.807) is 7.11 Å². The first-order valence-electron chi connectivity index (χ1n) is 7.34. The van der Waals surface area contributed by atoms with Crippen LogP contribution in [0.3, 0.4) is 0 Å². The summed E-state index contributed by atoms with van der Waals surface area (Å²) in [4.78, 5) is 0. The first-order chi connectivity index (χ1) is 9.76. The maximum absolute atomic E-state index is 9.47. The van der Waals surface area contributed by atoms with Crippen molar-refractivity contribution < 1.29 is 19.3 Å². The van der Waals surface area contributed by atoms with Gasteiger partial charge in [0.05, 0.1) is 25.9 Å². The van der Waals surface area contributed by atoms with Crippen molar-refractivity contribution in [1.29, 1.82) is 0 Å². The van der Waals surface area contributed by atoms with Gasteiger partial charge in [0.1, 0.15) is 6.10 Å². The fourth-order valence-electron chi connectivity index (χ4n) is 3.15. The highest BCUT2D eigenvalue weighted by Gasteiger charge is 2.43. The quantitative estimate of drug-likeness (QED) is 0.920. The van der Waals surface area contributed by atoms with Crippen LogP contribution >= 0.6 is 0 Å². The standard InChI is InChI=1S/C16H22O4/c1-18-14-5-2-4-12(11-17)15(14)20-13-6-9-19-16(10-13)7-3-8-16/h2,4-5,13,17H,3,6-11H2,1H3. The minimum atomic E-state index is -0.0408. The largest absolute Gasteiger partial charge is 0.493 e. The molecule has 0 amide bonds. The van der Waals surface area contributed by atoms with E-state index in [9.17, 15) is 5.11 Å². The van der Waals surface area contributed by atoms with Crippen LogP contribution in [0.2, 0.25) is 0 Å². The predicted octanol–water partition coefficient (Wildman–Crippen LogP) is 2.67. The molecule has 2 fully saturated rings. The lowest BCUT2D eigenvalue weighted by molar-refractivity contribution is -0.153. The van der Waals surface area contributed by atoms with Gasteiger partial charge >= 0.3 is 0 Å². The normalized spacial score (nSPS) is 24.2. The molecule has 2 aliphatic rings. The van der Waals surface area contributed by atoms with E-state index in [4.69, 9.17) is 14.2 Å². The summed E-state index contributed by atoms with van der Waals surface area (Å²) >= 11 is 0. The van der Waals surface area contributed by atoms with Gasteiger partial charge < -0.3 is 19.3 Å². The van der Waals surface area contributed by atoms with Crippen LogP contribution in [0.5, 0.6) is 11.5 Å². The number of hydrogen-bond acceptors (Lipinski definition) is 4. The third-order valence-corrected chi connectivity index (χ3v) is 4.45. The van der Waals surface area contributed by atoms with Crippen molar-refractivity contribution in [2.45, 2.75) is 50.4 Å². The number of aliphatic hydroxyl groups is 1. The lowest BCUT2D eigenvalue weighted by Crippen LogP contribution is -2.48. The summed E-state index contributed by atoms with van der Waals surface area (Å²) < 4.78 is 17.4. The van der Waals surface area contributed by atoms with Crippen LogP contribution in [0, 0.1) is 0 Å². The van der Waals surface area contributed by atoms with Crippen molar-refractivity contribution in [3.63, 3.8) is 0 Å². The number of hydrogen-bond donors (Lipinski definition) is 1. The van der Waals surface area contributed by atoms with Crippen LogP contribution < -0.4 is 9.47 Å². The van der Waals surface area contributed by atoms with Gasteiger partial charge in [0.25, 0.3) is 0 Å². The molecule has 4 nitrogen and oxygen atoms in total. The van der Waals surface area contributed by atoms with Crippen molar-refractivity contribution in [2.24, 2.45) is 0 Å². The highest BCUT2D eigenvalue weighted by atomic mass is 16.5. The van der Waals surface area contributed by atoms with Crippen LogP contribution in [0.15, 0.2) is 18.2 Å². The summed E-state index contributed by atoms with van der Waals surface area (Å²) in [5.74, 6) is 1.37. The van der Waals surface area contributed by atoms with Crippen LogP contribution in [0.1, 0.15) is 37.7 Å². The van der Waals surface area contributed by atoms with Gasteiger partial charge in [0.2, 0.25) is 0 Å². The van der Waals surface area contributed by atoms with Gasteiger partial charge in [0, 0.05) is 18.4 Å². The summed E-state index contributed by atoms with van der Waals surface area (Å²) in [6, 6.07) is 5.61. The molecule has 1 spiro atoms. The van der Waals surface area contributed by atoms with Crippen molar-refractivity contribution in [2.75, 3.05) is 13.7 Å². The van der Waals surface area contributed by atoms with E-state index in [2.05, 4.69) is 0 Å². The SMILES string of the molecule is COc1cccc(CO)c1OC1CCOC2(CCC2)C1. The fourth-order valence-corrected chi connectivity index (χ4v) is 3.15. The van der Waals surface area contributed by atoms with Crippen molar-refractivity contribution in [1.82, 2.24) is 0 Å². The van der Waals surface area contributed by atoms with Gasteiger partial charge in [-0.1, -0.05) is 12.1 Å². The third-order valence-electron chi connectivity index (χ3n) is 4.45. The minimum absolute atomic E-state index is 0.0408. The Morgan fingerprint density at radius 1 is 1.40 bits per heavy atom. The summed E-state index contributed by atoms with van der Waals surface area (Å²) in [6.45, 7) is 0.717. The molecular formula is C16H22O4. The van der Waals surface area contributed by atoms with E-state index in [1.807, 2.05) is 18.2 Å². The first kappa shape index (κ1) is 13.7. The molecule has 1 heterocycles. The first-order valence-corrected chi connectivity index (χ1v) is 7.34.